The molecule has 3 heterocycles. The summed E-state index contributed by atoms with van der Waals surface area (Å²) >= 11 is 5.09. The molecule has 0 aliphatic carbocycles. The standard InChI is InChI=1S/C24H20N4S3/c1-3-12-28-22(20-15-29-21-11-7-6-10-19(20)21)26-27-24(28)31-14-17-13-30-23(25-17)18-9-5-4-8-16(18)2/h3-11,13,15H,1,12,14H2,2H3. The topological polar surface area (TPSA) is 43.6 Å². The van der Waals surface area contributed by atoms with E-state index in [9.17, 15) is 0 Å². The van der Waals surface area contributed by atoms with Crippen molar-refractivity contribution in [3.05, 3.63) is 83.2 Å². The lowest BCUT2D eigenvalue weighted by Crippen LogP contribution is -2.00. The van der Waals surface area contributed by atoms with E-state index in [1.165, 1.54) is 21.2 Å². The van der Waals surface area contributed by atoms with Crippen molar-refractivity contribution in [3.8, 4) is 22.0 Å². The molecule has 0 aliphatic heterocycles. The summed E-state index contributed by atoms with van der Waals surface area (Å²) < 4.78 is 3.40. The monoisotopic (exact) mass is 460 g/mol. The van der Waals surface area contributed by atoms with Crippen LogP contribution in [0.2, 0.25) is 0 Å². The van der Waals surface area contributed by atoms with E-state index in [4.69, 9.17) is 4.98 Å². The smallest absolute Gasteiger partial charge is 0.192 e. The predicted molar refractivity (Wildman–Crippen MR) is 133 cm³/mol. The van der Waals surface area contributed by atoms with Crippen LogP contribution in [0.4, 0.5) is 0 Å². The van der Waals surface area contributed by atoms with E-state index in [-0.39, 0.29) is 0 Å². The maximum Gasteiger partial charge on any atom is 0.192 e. The summed E-state index contributed by atoms with van der Waals surface area (Å²) in [6.07, 6.45) is 1.89. The highest BCUT2D eigenvalue weighted by atomic mass is 32.2. The Morgan fingerprint density at radius 1 is 1.00 bits per heavy atom. The van der Waals surface area contributed by atoms with Gasteiger partial charge in [-0.2, -0.15) is 0 Å². The minimum atomic E-state index is 0.667. The number of thiophene rings is 1. The summed E-state index contributed by atoms with van der Waals surface area (Å²) in [5, 5.41) is 16.5. The molecule has 5 aromatic rings. The molecule has 7 heteroatoms. The lowest BCUT2D eigenvalue weighted by molar-refractivity contribution is 0.731. The van der Waals surface area contributed by atoms with Crippen LogP contribution < -0.4 is 0 Å². The maximum absolute atomic E-state index is 4.85. The number of allylic oxidation sites excluding steroid dienone is 1. The van der Waals surface area contributed by atoms with Gasteiger partial charge in [-0.1, -0.05) is 60.3 Å². The van der Waals surface area contributed by atoms with Crippen molar-refractivity contribution in [1.29, 1.82) is 0 Å². The number of hydrogen-bond acceptors (Lipinski definition) is 6. The van der Waals surface area contributed by atoms with Gasteiger partial charge in [0.1, 0.15) is 5.01 Å². The van der Waals surface area contributed by atoms with Gasteiger partial charge in [0.25, 0.3) is 0 Å². The van der Waals surface area contributed by atoms with Gasteiger partial charge in [0.05, 0.1) is 5.69 Å². The molecule has 0 atom stereocenters. The van der Waals surface area contributed by atoms with Gasteiger partial charge in [-0.15, -0.1) is 39.4 Å². The first kappa shape index (κ1) is 20.2. The van der Waals surface area contributed by atoms with Crippen molar-refractivity contribution >= 4 is 44.5 Å². The molecule has 0 saturated heterocycles. The zero-order valence-electron chi connectivity index (χ0n) is 17.0. The zero-order chi connectivity index (χ0) is 21.2. The number of aromatic nitrogens is 4. The third kappa shape index (κ3) is 3.96. The molecule has 3 aromatic heterocycles. The second-order valence-electron chi connectivity index (χ2n) is 7.10. The first-order valence-electron chi connectivity index (χ1n) is 9.88. The number of nitrogens with zero attached hydrogens (tertiary/aromatic N) is 4. The average Bonchev–Trinajstić information content (AvgIpc) is 3.51. The van der Waals surface area contributed by atoms with Crippen LogP contribution in [-0.4, -0.2) is 19.7 Å². The van der Waals surface area contributed by atoms with Crippen LogP contribution in [0.25, 0.3) is 32.0 Å². The Labute approximate surface area is 193 Å². The van der Waals surface area contributed by atoms with Crippen molar-refractivity contribution in [2.75, 3.05) is 0 Å². The molecule has 0 amide bonds. The Hall–Kier alpha value is -2.74. The molecule has 0 unspecified atom stereocenters. The van der Waals surface area contributed by atoms with Gasteiger partial charge in [-0.25, -0.2) is 4.98 Å². The van der Waals surface area contributed by atoms with Crippen LogP contribution in [0.15, 0.2) is 77.1 Å². The molecule has 4 nitrogen and oxygen atoms in total. The van der Waals surface area contributed by atoms with Gasteiger partial charge in [0, 0.05) is 44.3 Å². The van der Waals surface area contributed by atoms with Gasteiger partial charge in [0.2, 0.25) is 0 Å². The average molecular weight is 461 g/mol. The van der Waals surface area contributed by atoms with Crippen molar-refractivity contribution in [3.63, 3.8) is 0 Å². The predicted octanol–water partition coefficient (Wildman–Crippen LogP) is 7.07. The van der Waals surface area contributed by atoms with E-state index in [1.54, 1.807) is 34.4 Å². The van der Waals surface area contributed by atoms with Crippen LogP contribution in [0.5, 0.6) is 0 Å². The number of fused-ring (bicyclic) bond motifs is 1. The van der Waals surface area contributed by atoms with Gasteiger partial charge in [-0.05, 0) is 18.6 Å². The number of benzene rings is 2. The Kier molecular flexibility index (Phi) is 5.72. The second-order valence-corrected chi connectivity index (χ2v) is 9.81. The quantitative estimate of drug-likeness (QED) is 0.192. The molecule has 0 bridgehead atoms. The van der Waals surface area contributed by atoms with Crippen LogP contribution in [0.1, 0.15) is 11.3 Å². The summed E-state index contributed by atoms with van der Waals surface area (Å²) in [6, 6.07) is 16.8. The van der Waals surface area contributed by atoms with Crippen LogP contribution in [-0.2, 0) is 12.3 Å². The highest BCUT2D eigenvalue weighted by Gasteiger charge is 2.17. The van der Waals surface area contributed by atoms with Gasteiger partial charge in [0.15, 0.2) is 11.0 Å². The summed E-state index contributed by atoms with van der Waals surface area (Å²) in [5.41, 5.74) is 4.63. The SMILES string of the molecule is C=CCn1c(SCc2csc(-c3ccccc3C)n2)nnc1-c1csc2ccccc12. The van der Waals surface area contributed by atoms with Crippen LogP contribution in [0.3, 0.4) is 0 Å². The number of hydrogen-bond donors (Lipinski definition) is 0. The first-order chi connectivity index (χ1) is 15.2. The fourth-order valence-corrected chi connectivity index (χ4v) is 6.28. The second kappa shape index (κ2) is 8.78. The summed E-state index contributed by atoms with van der Waals surface area (Å²) in [6.45, 7) is 6.72. The van der Waals surface area contributed by atoms with Gasteiger partial charge in [-0.3, -0.25) is 4.57 Å². The number of thioether (sulfide) groups is 1. The van der Waals surface area contributed by atoms with Crippen molar-refractivity contribution in [2.45, 2.75) is 24.4 Å². The third-order valence-electron chi connectivity index (χ3n) is 5.03. The molecule has 0 saturated carbocycles. The minimum Gasteiger partial charge on any atom is -0.298 e. The fraction of sp³-hybridized carbons (Fsp3) is 0.125. The Morgan fingerprint density at radius 2 is 1.84 bits per heavy atom. The maximum atomic E-state index is 4.85. The molecule has 5 rings (SSSR count). The van der Waals surface area contributed by atoms with E-state index < -0.39 is 0 Å². The zero-order valence-corrected chi connectivity index (χ0v) is 19.4. The van der Waals surface area contributed by atoms with E-state index in [1.807, 2.05) is 6.08 Å². The molecule has 0 aliphatic rings. The highest BCUT2D eigenvalue weighted by molar-refractivity contribution is 7.98. The van der Waals surface area contributed by atoms with E-state index in [0.717, 1.165) is 33.0 Å². The lowest BCUT2D eigenvalue weighted by Gasteiger charge is -2.07. The Balaban J connectivity index is 1.41. The number of thiazole rings is 1. The van der Waals surface area contributed by atoms with Gasteiger partial charge < -0.3 is 0 Å². The molecular formula is C24H20N4S3. The van der Waals surface area contributed by atoms with E-state index >= 15 is 0 Å². The lowest BCUT2D eigenvalue weighted by atomic mass is 10.1. The van der Waals surface area contributed by atoms with Crippen LogP contribution >= 0.6 is 34.4 Å². The normalized spacial score (nSPS) is 11.3. The summed E-state index contributed by atoms with van der Waals surface area (Å²) in [7, 11) is 0. The van der Waals surface area contributed by atoms with E-state index in [2.05, 4.69) is 87.6 Å². The summed E-state index contributed by atoms with van der Waals surface area (Å²) in [4.78, 5) is 4.85. The number of aryl methyl sites for hydroxylation is 1. The molecule has 31 heavy (non-hydrogen) atoms. The first-order valence-corrected chi connectivity index (χ1v) is 12.6. The molecule has 2 aromatic carbocycles. The van der Waals surface area contributed by atoms with Crippen molar-refractivity contribution in [1.82, 2.24) is 19.7 Å². The summed E-state index contributed by atoms with van der Waals surface area (Å²) in [5.74, 6) is 1.64. The third-order valence-corrected chi connectivity index (χ3v) is 7.91. The molecule has 0 radical (unpaired) electrons. The molecule has 0 N–H and O–H groups in total. The molecule has 0 spiro atoms. The highest BCUT2D eigenvalue weighted by Crippen LogP contribution is 2.35. The van der Waals surface area contributed by atoms with E-state index in [0.29, 0.717) is 6.54 Å². The Morgan fingerprint density at radius 3 is 2.71 bits per heavy atom. The van der Waals surface area contributed by atoms with Crippen molar-refractivity contribution < 1.29 is 0 Å². The van der Waals surface area contributed by atoms with Gasteiger partial charge >= 0.3 is 0 Å². The van der Waals surface area contributed by atoms with Crippen molar-refractivity contribution in [2.24, 2.45) is 0 Å². The number of rotatable bonds is 7. The fourth-order valence-electron chi connectivity index (χ4n) is 3.49. The Bertz CT molecular complexity index is 1360. The van der Waals surface area contributed by atoms with Crippen LogP contribution in [0, 0.1) is 6.92 Å². The minimum absolute atomic E-state index is 0.667. The molecule has 0 fully saturated rings. The molecule has 154 valence electrons. The molecular weight excluding hydrogens is 440 g/mol. The largest absolute Gasteiger partial charge is 0.298 e.